The molecule has 1 amide bonds. The number of rotatable bonds is 3. The van der Waals surface area contributed by atoms with Gasteiger partial charge < -0.3 is 10.2 Å². The van der Waals surface area contributed by atoms with Gasteiger partial charge in [0.1, 0.15) is 0 Å². The van der Waals surface area contributed by atoms with Crippen LogP contribution in [0.5, 0.6) is 0 Å². The normalized spacial score (nSPS) is 23.4. The van der Waals surface area contributed by atoms with Gasteiger partial charge in [0, 0.05) is 34.6 Å². The van der Waals surface area contributed by atoms with Crippen LogP contribution in [-0.4, -0.2) is 36.0 Å². The van der Waals surface area contributed by atoms with Gasteiger partial charge in [-0.15, -0.1) is 22.7 Å². The molecule has 0 radical (unpaired) electrons. The highest BCUT2D eigenvalue weighted by atomic mass is 32.1. The largest absolute Gasteiger partial charge is 0.332 e. The summed E-state index contributed by atoms with van der Waals surface area (Å²) in [6.07, 6.45) is 2.08. The van der Waals surface area contributed by atoms with E-state index in [9.17, 15) is 4.79 Å². The summed E-state index contributed by atoms with van der Waals surface area (Å²) in [6, 6.07) is 4.92. The second-order valence-electron chi connectivity index (χ2n) is 5.29. The van der Waals surface area contributed by atoms with Crippen LogP contribution in [0.4, 0.5) is 0 Å². The SMILES string of the molecule is CCC1CN(C(=O)c2cc3sccc3s2)C(CC)CN1. The maximum Gasteiger partial charge on any atom is 0.264 e. The van der Waals surface area contributed by atoms with Crippen molar-refractivity contribution in [2.45, 2.75) is 38.8 Å². The lowest BCUT2D eigenvalue weighted by molar-refractivity contribution is 0.0581. The van der Waals surface area contributed by atoms with Crippen molar-refractivity contribution in [2.24, 2.45) is 0 Å². The lowest BCUT2D eigenvalue weighted by Gasteiger charge is -2.39. The van der Waals surface area contributed by atoms with Gasteiger partial charge in [-0.05, 0) is 30.4 Å². The standard InChI is InChI=1S/C15H20N2OS2/c1-3-10-9-17(11(4-2)8-16-10)15(18)14-7-13-12(20-14)5-6-19-13/h5-7,10-11,16H,3-4,8-9H2,1-2H3. The van der Waals surface area contributed by atoms with Gasteiger partial charge in [0.15, 0.2) is 0 Å². The van der Waals surface area contributed by atoms with Crippen LogP contribution < -0.4 is 5.32 Å². The fourth-order valence-corrected chi connectivity index (χ4v) is 4.83. The highest BCUT2D eigenvalue weighted by Crippen LogP contribution is 2.31. The summed E-state index contributed by atoms with van der Waals surface area (Å²) >= 11 is 3.34. The van der Waals surface area contributed by atoms with E-state index >= 15 is 0 Å². The van der Waals surface area contributed by atoms with Gasteiger partial charge in [-0.2, -0.15) is 0 Å². The molecule has 3 nitrogen and oxygen atoms in total. The molecule has 0 aliphatic carbocycles. The molecule has 1 saturated heterocycles. The van der Waals surface area contributed by atoms with Crippen molar-refractivity contribution in [2.75, 3.05) is 13.1 Å². The van der Waals surface area contributed by atoms with E-state index in [-0.39, 0.29) is 5.91 Å². The summed E-state index contributed by atoms with van der Waals surface area (Å²) in [7, 11) is 0. The molecule has 2 atom stereocenters. The van der Waals surface area contributed by atoms with Crippen LogP contribution in [0.1, 0.15) is 36.4 Å². The molecule has 3 heterocycles. The van der Waals surface area contributed by atoms with E-state index in [0.29, 0.717) is 12.1 Å². The number of nitrogens with one attached hydrogen (secondary N) is 1. The number of carbonyl (C=O) groups excluding carboxylic acids is 1. The fourth-order valence-electron chi connectivity index (χ4n) is 2.76. The zero-order valence-corrected chi connectivity index (χ0v) is 13.5. The van der Waals surface area contributed by atoms with Crippen LogP contribution in [0.2, 0.25) is 0 Å². The van der Waals surface area contributed by atoms with E-state index < -0.39 is 0 Å². The molecule has 1 aliphatic heterocycles. The van der Waals surface area contributed by atoms with E-state index in [1.54, 1.807) is 22.7 Å². The Morgan fingerprint density at radius 1 is 1.40 bits per heavy atom. The Kier molecular flexibility index (Phi) is 4.10. The van der Waals surface area contributed by atoms with E-state index in [4.69, 9.17) is 0 Å². The molecule has 108 valence electrons. The molecular weight excluding hydrogens is 288 g/mol. The van der Waals surface area contributed by atoms with Gasteiger partial charge in [0.05, 0.1) is 4.88 Å². The zero-order valence-electron chi connectivity index (χ0n) is 11.9. The van der Waals surface area contributed by atoms with Crippen molar-refractivity contribution < 1.29 is 4.79 Å². The number of carbonyl (C=O) groups is 1. The molecule has 0 saturated carbocycles. The molecule has 20 heavy (non-hydrogen) atoms. The Morgan fingerprint density at radius 3 is 2.95 bits per heavy atom. The number of hydrogen-bond donors (Lipinski definition) is 1. The number of piperazine rings is 1. The Bertz CT molecular complexity index is 575. The maximum atomic E-state index is 12.8. The highest BCUT2D eigenvalue weighted by molar-refractivity contribution is 7.27. The van der Waals surface area contributed by atoms with Crippen LogP contribution >= 0.6 is 22.7 Å². The zero-order chi connectivity index (χ0) is 14.1. The van der Waals surface area contributed by atoms with Gasteiger partial charge in [-0.1, -0.05) is 13.8 Å². The predicted octanol–water partition coefficient (Wildman–Crippen LogP) is 3.57. The molecule has 2 aromatic heterocycles. The molecule has 5 heteroatoms. The molecule has 1 fully saturated rings. The summed E-state index contributed by atoms with van der Waals surface area (Å²) in [5, 5.41) is 5.62. The summed E-state index contributed by atoms with van der Waals surface area (Å²) in [6.45, 7) is 6.08. The first-order valence-electron chi connectivity index (χ1n) is 7.24. The second-order valence-corrected chi connectivity index (χ2v) is 7.32. The van der Waals surface area contributed by atoms with Crippen molar-refractivity contribution in [3.63, 3.8) is 0 Å². The van der Waals surface area contributed by atoms with Crippen molar-refractivity contribution in [3.8, 4) is 0 Å². The molecule has 3 rings (SSSR count). The number of nitrogens with zero attached hydrogens (tertiary/aromatic N) is 1. The average molecular weight is 308 g/mol. The first-order valence-corrected chi connectivity index (χ1v) is 8.94. The average Bonchev–Trinajstić information content (AvgIpc) is 3.07. The van der Waals surface area contributed by atoms with Gasteiger partial charge >= 0.3 is 0 Å². The predicted molar refractivity (Wildman–Crippen MR) is 86.9 cm³/mol. The van der Waals surface area contributed by atoms with Crippen molar-refractivity contribution in [1.82, 2.24) is 10.2 Å². The second kappa shape index (κ2) is 5.84. The monoisotopic (exact) mass is 308 g/mol. The van der Waals surface area contributed by atoms with Crippen molar-refractivity contribution in [3.05, 3.63) is 22.4 Å². The first-order chi connectivity index (χ1) is 9.72. The van der Waals surface area contributed by atoms with Gasteiger partial charge in [-0.25, -0.2) is 0 Å². The van der Waals surface area contributed by atoms with Crippen LogP contribution in [0.3, 0.4) is 0 Å². The van der Waals surface area contributed by atoms with E-state index in [2.05, 4.69) is 41.6 Å². The van der Waals surface area contributed by atoms with Crippen LogP contribution in [0, 0.1) is 0 Å². The lowest BCUT2D eigenvalue weighted by Crippen LogP contribution is -2.57. The lowest BCUT2D eigenvalue weighted by atomic mass is 10.0. The molecule has 1 aliphatic rings. The Labute approximate surface area is 127 Å². The summed E-state index contributed by atoms with van der Waals surface area (Å²) in [5.41, 5.74) is 0. The quantitative estimate of drug-likeness (QED) is 0.940. The fraction of sp³-hybridized carbons (Fsp3) is 0.533. The molecule has 2 unspecified atom stereocenters. The maximum absolute atomic E-state index is 12.8. The minimum atomic E-state index is 0.213. The minimum Gasteiger partial charge on any atom is -0.332 e. The Balaban J connectivity index is 1.84. The van der Waals surface area contributed by atoms with Crippen molar-refractivity contribution >= 4 is 38.0 Å². The van der Waals surface area contributed by atoms with E-state index in [0.717, 1.165) is 30.8 Å². The third-order valence-electron chi connectivity index (χ3n) is 4.08. The smallest absolute Gasteiger partial charge is 0.264 e. The number of amides is 1. The first kappa shape index (κ1) is 14.0. The molecular formula is C15H20N2OS2. The van der Waals surface area contributed by atoms with E-state index in [1.165, 1.54) is 9.40 Å². The number of thiophene rings is 2. The molecule has 2 aromatic rings. The number of fused-ring (bicyclic) bond motifs is 1. The third kappa shape index (κ3) is 2.50. The third-order valence-corrected chi connectivity index (χ3v) is 6.16. The van der Waals surface area contributed by atoms with Crippen LogP contribution in [0.15, 0.2) is 17.5 Å². The Morgan fingerprint density at radius 2 is 2.25 bits per heavy atom. The molecule has 0 spiro atoms. The van der Waals surface area contributed by atoms with Gasteiger partial charge in [0.25, 0.3) is 5.91 Å². The number of hydrogen-bond acceptors (Lipinski definition) is 4. The van der Waals surface area contributed by atoms with E-state index in [1.807, 2.05) is 0 Å². The van der Waals surface area contributed by atoms with Crippen LogP contribution in [0.25, 0.3) is 9.40 Å². The topological polar surface area (TPSA) is 32.3 Å². The molecule has 1 N–H and O–H groups in total. The van der Waals surface area contributed by atoms with Crippen molar-refractivity contribution in [1.29, 1.82) is 0 Å². The van der Waals surface area contributed by atoms with Gasteiger partial charge in [-0.3, -0.25) is 4.79 Å². The minimum absolute atomic E-state index is 0.213. The Hall–Kier alpha value is -0.910. The summed E-state index contributed by atoms with van der Waals surface area (Å²) < 4.78 is 2.46. The van der Waals surface area contributed by atoms with Crippen LogP contribution in [-0.2, 0) is 0 Å². The molecule has 0 aromatic carbocycles. The molecule has 0 bridgehead atoms. The summed E-state index contributed by atoms with van der Waals surface area (Å²) in [5.74, 6) is 0.213. The summed E-state index contributed by atoms with van der Waals surface area (Å²) in [4.78, 5) is 15.8. The van der Waals surface area contributed by atoms with Gasteiger partial charge in [0.2, 0.25) is 0 Å². The highest BCUT2D eigenvalue weighted by Gasteiger charge is 2.30.